The average molecular weight is 221 g/mol. The first-order chi connectivity index (χ1) is 7.63. The molecule has 1 aromatic carbocycles. The van der Waals surface area contributed by atoms with Crippen molar-refractivity contribution in [3.05, 3.63) is 35.4 Å². The fourth-order valence-electron chi connectivity index (χ4n) is 1.47. The highest BCUT2D eigenvalue weighted by Crippen LogP contribution is 2.07. The molecule has 0 heterocycles. The Bertz CT molecular complexity index is 350. The second-order valence-electron chi connectivity index (χ2n) is 3.99. The third-order valence-electron chi connectivity index (χ3n) is 2.27. The van der Waals surface area contributed by atoms with Crippen molar-refractivity contribution in [1.29, 1.82) is 0 Å². The van der Waals surface area contributed by atoms with E-state index in [1.54, 1.807) is 0 Å². The van der Waals surface area contributed by atoms with Crippen LogP contribution < -0.4 is 11.1 Å². The van der Waals surface area contributed by atoms with Gasteiger partial charge in [-0.2, -0.15) is 0 Å². The van der Waals surface area contributed by atoms with Crippen LogP contribution in [-0.4, -0.2) is 31.4 Å². The van der Waals surface area contributed by atoms with Gasteiger partial charge in [-0.05, 0) is 25.2 Å². The third-order valence-corrected chi connectivity index (χ3v) is 2.27. The van der Waals surface area contributed by atoms with Gasteiger partial charge in [0.15, 0.2) is 0 Å². The number of benzene rings is 1. The summed E-state index contributed by atoms with van der Waals surface area (Å²) in [7, 11) is 3.74. The maximum absolute atomic E-state index is 11.4. The zero-order valence-electron chi connectivity index (χ0n) is 9.86. The Morgan fingerprint density at radius 3 is 2.50 bits per heavy atom. The number of nitrogens with zero attached hydrogens (tertiary/aromatic N) is 1. The number of rotatable bonds is 5. The fourth-order valence-corrected chi connectivity index (χ4v) is 1.47. The van der Waals surface area contributed by atoms with Gasteiger partial charge in [-0.1, -0.05) is 24.3 Å². The van der Waals surface area contributed by atoms with Crippen molar-refractivity contribution in [3.8, 4) is 0 Å². The Kier molecular flexibility index (Phi) is 4.95. The summed E-state index contributed by atoms with van der Waals surface area (Å²) in [6, 6.07) is 7.87. The summed E-state index contributed by atoms with van der Waals surface area (Å²) in [5.41, 5.74) is 7.77. The molecule has 1 rings (SSSR count). The van der Waals surface area contributed by atoms with E-state index in [0.29, 0.717) is 19.6 Å². The minimum Gasteiger partial charge on any atom is -0.351 e. The van der Waals surface area contributed by atoms with E-state index in [-0.39, 0.29) is 5.91 Å². The van der Waals surface area contributed by atoms with Crippen molar-refractivity contribution in [2.24, 2.45) is 5.73 Å². The number of carbonyl (C=O) groups is 1. The normalized spacial score (nSPS) is 10.5. The quantitative estimate of drug-likeness (QED) is 0.753. The second-order valence-corrected chi connectivity index (χ2v) is 3.99. The van der Waals surface area contributed by atoms with Crippen LogP contribution in [0.15, 0.2) is 24.3 Å². The van der Waals surface area contributed by atoms with Crippen LogP contribution in [0.2, 0.25) is 0 Å². The first-order valence-electron chi connectivity index (χ1n) is 5.31. The van der Waals surface area contributed by atoms with Gasteiger partial charge in [-0.25, -0.2) is 0 Å². The summed E-state index contributed by atoms with van der Waals surface area (Å²) >= 11 is 0. The molecule has 0 unspecified atom stereocenters. The molecule has 1 amide bonds. The van der Waals surface area contributed by atoms with E-state index < -0.39 is 0 Å². The molecule has 0 bridgehead atoms. The highest BCUT2D eigenvalue weighted by molar-refractivity contribution is 5.77. The van der Waals surface area contributed by atoms with E-state index in [4.69, 9.17) is 5.73 Å². The molecule has 1 aromatic rings. The molecule has 4 heteroatoms. The van der Waals surface area contributed by atoms with E-state index in [2.05, 4.69) is 5.32 Å². The number of hydrogen-bond acceptors (Lipinski definition) is 3. The molecule has 0 aliphatic carbocycles. The van der Waals surface area contributed by atoms with Gasteiger partial charge >= 0.3 is 0 Å². The lowest BCUT2D eigenvalue weighted by Gasteiger charge is -2.11. The minimum absolute atomic E-state index is 0.0248. The number of amides is 1. The molecule has 0 aromatic heterocycles. The third kappa shape index (κ3) is 4.00. The molecule has 0 fully saturated rings. The van der Waals surface area contributed by atoms with Crippen LogP contribution in [0.25, 0.3) is 0 Å². The number of nitrogens with two attached hydrogens (primary N) is 1. The topological polar surface area (TPSA) is 58.4 Å². The minimum atomic E-state index is 0.0248. The summed E-state index contributed by atoms with van der Waals surface area (Å²) in [6.45, 7) is 1.45. The fraction of sp³-hybridized carbons (Fsp3) is 0.417. The van der Waals surface area contributed by atoms with Crippen molar-refractivity contribution in [3.63, 3.8) is 0 Å². The molecule has 3 N–H and O–H groups in total. The predicted octanol–water partition coefficient (Wildman–Crippen LogP) is 0.323. The molecule has 88 valence electrons. The van der Waals surface area contributed by atoms with Crippen molar-refractivity contribution >= 4 is 5.91 Å². The lowest BCUT2D eigenvalue weighted by atomic mass is 10.1. The van der Waals surface area contributed by atoms with E-state index in [9.17, 15) is 4.79 Å². The zero-order valence-corrected chi connectivity index (χ0v) is 9.86. The number of hydrogen-bond donors (Lipinski definition) is 2. The molecule has 0 spiro atoms. The molecule has 0 saturated carbocycles. The largest absolute Gasteiger partial charge is 0.351 e. The molecular weight excluding hydrogens is 202 g/mol. The van der Waals surface area contributed by atoms with Crippen molar-refractivity contribution in [1.82, 2.24) is 10.2 Å². The summed E-state index contributed by atoms with van der Waals surface area (Å²) in [4.78, 5) is 13.3. The molecule has 0 atom stereocenters. The van der Waals surface area contributed by atoms with E-state index in [0.717, 1.165) is 11.1 Å². The van der Waals surface area contributed by atoms with Crippen LogP contribution in [0.3, 0.4) is 0 Å². The van der Waals surface area contributed by atoms with Gasteiger partial charge in [-0.3, -0.25) is 4.79 Å². The lowest BCUT2D eigenvalue weighted by molar-refractivity contribution is -0.121. The van der Waals surface area contributed by atoms with Crippen molar-refractivity contribution < 1.29 is 4.79 Å². The Morgan fingerprint density at radius 1 is 1.31 bits per heavy atom. The monoisotopic (exact) mass is 221 g/mol. The van der Waals surface area contributed by atoms with Crippen LogP contribution in [0, 0.1) is 0 Å². The van der Waals surface area contributed by atoms with Gasteiger partial charge in [0, 0.05) is 13.1 Å². The molecule has 0 aliphatic heterocycles. The molecular formula is C12H19N3O. The van der Waals surface area contributed by atoms with Gasteiger partial charge in [-0.15, -0.1) is 0 Å². The summed E-state index contributed by atoms with van der Waals surface area (Å²) in [6.07, 6.45) is 0. The highest BCUT2D eigenvalue weighted by Gasteiger charge is 2.04. The van der Waals surface area contributed by atoms with Crippen LogP contribution in [0.5, 0.6) is 0 Å². The Hall–Kier alpha value is -1.39. The van der Waals surface area contributed by atoms with E-state index in [1.807, 2.05) is 43.3 Å². The molecule has 16 heavy (non-hydrogen) atoms. The van der Waals surface area contributed by atoms with Crippen LogP contribution >= 0.6 is 0 Å². The van der Waals surface area contributed by atoms with Gasteiger partial charge in [0.25, 0.3) is 0 Å². The zero-order chi connectivity index (χ0) is 12.0. The van der Waals surface area contributed by atoms with E-state index in [1.165, 1.54) is 0 Å². The summed E-state index contributed by atoms with van der Waals surface area (Å²) in [5.74, 6) is 0.0248. The van der Waals surface area contributed by atoms with Crippen LogP contribution in [0.4, 0.5) is 0 Å². The van der Waals surface area contributed by atoms with Crippen LogP contribution in [0.1, 0.15) is 11.1 Å². The van der Waals surface area contributed by atoms with Crippen LogP contribution in [-0.2, 0) is 17.9 Å². The SMILES string of the molecule is CN(C)CC(=O)NCc1ccccc1CN. The highest BCUT2D eigenvalue weighted by atomic mass is 16.1. The Labute approximate surface area is 96.4 Å². The molecule has 0 aliphatic rings. The second kappa shape index (κ2) is 6.25. The summed E-state index contributed by atoms with van der Waals surface area (Å²) in [5, 5.41) is 2.87. The molecule has 4 nitrogen and oxygen atoms in total. The van der Waals surface area contributed by atoms with E-state index >= 15 is 0 Å². The molecule has 0 saturated heterocycles. The average Bonchev–Trinajstić information content (AvgIpc) is 2.26. The summed E-state index contributed by atoms with van der Waals surface area (Å²) < 4.78 is 0. The van der Waals surface area contributed by atoms with Crippen molar-refractivity contribution in [2.75, 3.05) is 20.6 Å². The Balaban J connectivity index is 2.51. The number of likely N-dealkylation sites (N-methyl/N-ethyl adjacent to an activating group) is 1. The van der Waals surface area contributed by atoms with Gasteiger partial charge in [0.1, 0.15) is 0 Å². The number of nitrogens with one attached hydrogen (secondary N) is 1. The predicted molar refractivity (Wildman–Crippen MR) is 64.7 cm³/mol. The van der Waals surface area contributed by atoms with Crippen molar-refractivity contribution in [2.45, 2.75) is 13.1 Å². The van der Waals surface area contributed by atoms with Gasteiger partial charge in [0.05, 0.1) is 6.54 Å². The number of carbonyl (C=O) groups excluding carboxylic acids is 1. The molecule has 0 radical (unpaired) electrons. The first-order valence-corrected chi connectivity index (χ1v) is 5.31. The lowest BCUT2D eigenvalue weighted by Crippen LogP contribution is -2.33. The first kappa shape index (κ1) is 12.7. The maximum atomic E-state index is 11.4. The maximum Gasteiger partial charge on any atom is 0.234 e. The Morgan fingerprint density at radius 2 is 1.94 bits per heavy atom. The van der Waals surface area contributed by atoms with Gasteiger partial charge < -0.3 is 16.0 Å². The van der Waals surface area contributed by atoms with Gasteiger partial charge in [0.2, 0.25) is 5.91 Å². The standard InChI is InChI=1S/C12H19N3O/c1-15(2)9-12(16)14-8-11-6-4-3-5-10(11)7-13/h3-6H,7-9,13H2,1-2H3,(H,14,16). The smallest absolute Gasteiger partial charge is 0.234 e.